The van der Waals surface area contributed by atoms with Crippen molar-refractivity contribution in [2.24, 2.45) is 0 Å². The molecule has 2 aromatic rings. The molecule has 94 valence electrons. The fourth-order valence-corrected chi connectivity index (χ4v) is 1.63. The van der Waals surface area contributed by atoms with Crippen LogP contribution in [0, 0.1) is 0 Å². The molecule has 2 rings (SSSR count). The maximum absolute atomic E-state index is 11.9. The normalized spacial score (nSPS) is 10.1. The van der Waals surface area contributed by atoms with Gasteiger partial charge in [0.1, 0.15) is 5.75 Å². The monoisotopic (exact) mass is 245 g/mol. The second-order valence-electron chi connectivity index (χ2n) is 3.83. The van der Waals surface area contributed by atoms with E-state index < -0.39 is 0 Å². The van der Waals surface area contributed by atoms with E-state index in [1.54, 1.807) is 18.2 Å². The summed E-state index contributed by atoms with van der Waals surface area (Å²) in [6.07, 6.45) is 1.81. The van der Waals surface area contributed by atoms with E-state index in [1.807, 2.05) is 18.3 Å². The van der Waals surface area contributed by atoms with Gasteiger partial charge in [-0.1, -0.05) is 0 Å². The zero-order chi connectivity index (χ0) is 13.0. The van der Waals surface area contributed by atoms with Crippen molar-refractivity contribution in [1.82, 2.24) is 10.3 Å². The minimum atomic E-state index is -0.168. The molecule has 0 spiro atoms. The van der Waals surface area contributed by atoms with Crippen molar-refractivity contribution < 1.29 is 9.53 Å². The average molecular weight is 245 g/mol. The third-order valence-corrected chi connectivity index (χ3v) is 2.59. The van der Waals surface area contributed by atoms with Crippen LogP contribution in [0.15, 0.2) is 36.5 Å². The van der Waals surface area contributed by atoms with Gasteiger partial charge in [-0.25, -0.2) is 0 Å². The third-order valence-electron chi connectivity index (χ3n) is 2.59. The minimum absolute atomic E-state index is 0.168. The van der Waals surface area contributed by atoms with Gasteiger partial charge in [0, 0.05) is 17.5 Å². The molecule has 0 saturated carbocycles. The zero-order valence-electron chi connectivity index (χ0n) is 10.1. The van der Waals surface area contributed by atoms with Crippen molar-refractivity contribution >= 4 is 11.6 Å². The predicted octanol–water partition coefficient (Wildman–Crippen LogP) is 1.54. The molecule has 0 radical (unpaired) electrons. The summed E-state index contributed by atoms with van der Waals surface area (Å²) in [7, 11) is 1.54. The lowest BCUT2D eigenvalue weighted by atomic mass is 10.1. The molecule has 0 aliphatic heterocycles. The highest BCUT2D eigenvalue weighted by Gasteiger charge is 2.08. The Labute approximate surface area is 105 Å². The SMILES string of the molecule is COc1ccc(C(=O)NCc2ccc[nH]2)cc1N. The van der Waals surface area contributed by atoms with Gasteiger partial charge in [0.05, 0.1) is 19.3 Å². The lowest BCUT2D eigenvalue weighted by Gasteiger charge is -2.07. The number of amides is 1. The first-order valence-electron chi connectivity index (χ1n) is 5.54. The number of anilines is 1. The standard InChI is InChI=1S/C13H15N3O2/c1-18-12-5-4-9(7-11(12)14)13(17)16-8-10-3-2-6-15-10/h2-7,15H,8,14H2,1H3,(H,16,17). The largest absolute Gasteiger partial charge is 0.495 e. The third kappa shape index (κ3) is 2.63. The van der Waals surface area contributed by atoms with E-state index >= 15 is 0 Å². The van der Waals surface area contributed by atoms with Crippen LogP contribution in [0.2, 0.25) is 0 Å². The van der Waals surface area contributed by atoms with E-state index in [0.717, 1.165) is 5.69 Å². The molecule has 1 aromatic heterocycles. The first-order valence-corrected chi connectivity index (χ1v) is 5.54. The molecule has 5 nitrogen and oxygen atoms in total. The number of H-pyrrole nitrogens is 1. The molecular weight excluding hydrogens is 230 g/mol. The van der Waals surface area contributed by atoms with E-state index in [4.69, 9.17) is 10.5 Å². The molecule has 1 heterocycles. The Morgan fingerprint density at radius 1 is 1.44 bits per heavy atom. The quantitative estimate of drug-likeness (QED) is 0.715. The lowest BCUT2D eigenvalue weighted by Crippen LogP contribution is -2.23. The van der Waals surface area contributed by atoms with Crippen LogP contribution < -0.4 is 15.8 Å². The molecule has 0 aliphatic carbocycles. The number of ether oxygens (including phenoxy) is 1. The number of rotatable bonds is 4. The van der Waals surface area contributed by atoms with Gasteiger partial charge >= 0.3 is 0 Å². The first kappa shape index (κ1) is 12.0. The second kappa shape index (κ2) is 5.27. The summed E-state index contributed by atoms with van der Waals surface area (Å²) < 4.78 is 5.04. The average Bonchev–Trinajstić information content (AvgIpc) is 2.89. The van der Waals surface area contributed by atoms with E-state index in [-0.39, 0.29) is 5.91 Å². The summed E-state index contributed by atoms with van der Waals surface area (Å²) in [4.78, 5) is 14.9. The fourth-order valence-electron chi connectivity index (χ4n) is 1.63. The van der Waals surface area contributed by atoms with Gasteiger partial charge in [-0.3, -0.25) is 4.79 Å². The Kier molecular flexibility index (Phi) is 3.52. The highest BCUT2D eigenvalue weighted by Crippen LogP contribution is 2.21. The molecule has 4 N–H and O–H groups in total. The van der Waals surface area contributed by atoms with Crippen molar-refractivity contribution in [3.05, 3.63) is 47.8 Å². The van der Waals surface area contributed by atoms with Crippen molar-refractivity contribution in [2.45, 2.75) is 6.54 Å². The molecular formula is C13H15N3O2. The Bertz CT molecular complexity index is 535. The van der Waals surface area contributed by atoms with Crippen molar-refractivity contribution in [3.63, 3.8) is 0 Å². The topological polar surface area (TPSA) is 80.1 Å². The van der Waals surface area contributed by atoms with Crippen LogP contribution in [-0.2, 0) is 6.54 Å². The van der Waals surface area contributed by atoms with Crippen LogP contribution in [-0.4, -0.2) is 18.0 Å². The molecule has 0 saturated heterocycles. The van der Waals surface area contributed by atoms with Gasteiger partial charge in [-0.2, -0.15) is 0 Å². The number of carbonyl (C=O) groups excluding carboxylic acids is 1. The van der Waals surface area contributed by atoms with Crippen molar-refractivity contribution in [2.75, 3.05) is 12.8 Å². The molecule has 5 heteroatoms. The van der Waals surface area contributed by atoms with Crippen LogP contribution in [0.1, 0.15) is 16.1 Å². The highest BCUT2D eigenvalue weighted by molar-refractivity contribution is 5.95. The second-order valence-corrected chi connectivity index (χ2v) is 3.83. The summed E-state index contributed by atoms with van der Waals surface area (Å²) in [5.41, 5.74) is 7.66. The summed E-state index contributed by atoms with van der Waals surface area (Å²) >= 11 is 0. The number of aromatic amines is 1. The van der Waals surface area contributed by atoms with Crippen LogP contribution in [0.25, 0.3) is 0 Å². The molecule has 1 aromatic carbocycles. The van der Waals surface area contributed by atoms with E-state index in [1.165, 1.54) is 7.11 Å². The van der Waals surface area contributed by atoms with Crippen LogP contribution in [0.5, 0.6) is 5.75 Å². The zero-order valence-corrected chi connectivity index (χ0v) is 10.1. The molecule has 0 aliphatic rings. The van der Waals surface area contributed by atoms with Crippen LogP contribution in [0.3, 0.4) is 0 Å². The molecule has 0 bridgehead atoms. The summed E-state index contributed by atoms with van der Waals surface area (Å²) in [6, 6.07) is 8.75. The maximum atomic E-state index is 11.9. The van der Waals surface area contributed by atoms with Crippen molar-refractivity contribution in [3.8, 4) is 5.75 Å². The van der Waals surface area contributed by atoms with Gasteiger partial charge < -0.3 is 20.8 Å². The highest BCUT2D eigenvalue weighted by atomic mass is 16.5. The number of methoxy groups -OCH3 is 1. The van der Waals surface area contributed by atoms with Crippen LogP contribution >= 0.6 is 0 Å². The van der Waals surface area contributed by atoms with Crippen LogP contribution in [0.4, 0.5) is 5.69 Å². The van der Waals surface area contributed by atoms with Gasteiger partial charge in [-0.15, -0.1) is 0 Å². The van der Waals surface area contributed by atoms with E-state index in [9.17, 15) is 4.79 Å². The molecule has 0 atom stereocenters. The smallest absolute Gasteiger partial charge is 0.251 e. The van der Waals surface area contributed by atoms with Crippen molar-refractivity contribution in [1.29, 1.82) is 0 Å². The number of benzene rings is 1. The Morgan fingerprint density at radius 3 is 2.89 bits per heavy atom. The Hall–Kier alpha value is -2.43. The summed E-state index contributed by atoms with van der Waals surface area (Å²) in [6.45, 7) is 0.456. The number of nitrogen functional groups attached to an aromatic ring is 1. The summed E-state index contributed by atoms with van der Waals surface area (Å²) in [5.74, 6) is 0.398. The van der Waals surface area contributed by atoms with E-state index in [2.05, 4.69) is 10.3 Å². The molecule has 0 unspecified atom stereocenters. The van der Waals surface area contributed by atoms with Gasteiger partial charge in [0.15, 0.2) is 0 Å². The van der Waals surface area contributed by atoms with Gasteiger partial charge in [-0.05, 0) is 30.3 Å². The number of aromatic nitrogens is 1. The van der Waals surface area contributed by atoms with Gasteiger partial charge in [0.2, 0.25) is 0 Å². The maximum Gasteiger partial charge on any atom is 0.251 e. The fraction of sp³-hybridized carbons (Fsp3) is 0.154. The Morgan fingerprint density at radius 2 is 2.28 bits per heavy atom. The first-order chi connectivity index (χ1) is 8.70. The number of hydrogen-bond donors (Lipinski definition) is 3. The number of nitrogens with two attached hydrogens (primary N) is 1. The summed E-state index contributed by atoms with van der Waals surface area (Å²) in [5, 5.41) is 2.80. The molecule has 0 fully saturated rings. The number of carbonyl (C=O) groups is 1. The molecule has 1 amide bonds. The minimum Gasteiger partial charge on any atom is -0.495 e. The number of hydrogen-bond acceptors (Lipinski definition) is 3. The van der Waals surface area contributed by atoms with E-state index in [0.29, 0.717) is 23.5 Å². The predicted molar refractivity (Wildman–Crippen MR) is 69.4 cm³/mol. The number of nitrogens with one attached hydrogen (secondary N) is 2. The Balaban J connectivity index is 2.02. The lowest BCUT2D eigenvalue weighted by molar-refractivity contribution is 0.0950. The molecule has 18 heavy (non-hydrogen) atoms. The van der Waals surface area contributed by atoms with Gasteiger partial charge in [0.25, 0.3) is 5.91 Å².